The minimum atomic E-state index is -0.125. The van der Waals surface area contributed by atoms with E-state index in [2.05, 4.69) is 71.0 Å². The number of aryl methyl sites for hydroxylation is 4. The molecule has 0 aliphatic carbocycles. The minimum Gasteiger partial charge on any atom is -0.512 e. The van der Waals surface area contributed by atoms with Crippen molar-refractivity contribution in [1.82, 2.24) is 4.98 Å². The third-order valence-corrected chi connectivity index (χ3v) is 4.59. The predicted molar refractivity (Wildman–Crippen MR) is 117 cm³/mol. The molecule has 2 aromatic carbocycles. The second-order valence-electron chi connectivity index (χ2n) is 7.33. The van der Waals surface area contributed by atoms with Crippen molar-refractivity contribution in [2.45, 2.75) is 48.5 Å². The van der Waals surface area contributed by atoms with Crippen LogP contribution in [0.5, 0.6) is 0 Å². The van der Waals surface area contributed by atoms with E-state index < -0.39 is 0 Å². The van der Waals surface area contributed by atoms with Crippen molar-refractivity contribution in [2.75, 3.05) is 0 Å². The normalized spacial score (nSPS) is 10.8. The molecule has 0 saturated heterocycles. The summed E-state index contributed by atoms with van der Waals surface area (Å²) in [7, 11) is 0. The molecule has 3 aromatic rings. The number of allylic oxidation sites excluding steroid dienone is 2. The number of aromatic nitrogens is 1. The standard InChI is InChI=1S/C20H20N.C5H8O2.Ir/c1-12-9-13(2)11-17(10-12)20-16(5)15(4)19-14(3)7-6-8-18(19)21-20;1-4(6)3-5(2)7;/h6-10H,1-5H3;3,6H,1-2H3;/q-1;;/b;4-3-;. The molecular weight excluding hydrogens is 538 g/mol. The quantitative estimate of drug-likeness (QED) is 0.226. The summed E-state index contributed by atoms with van der Waals surface area (Å²) in [6.45, 7) is 13.6. The molecule has 1 heterocycles. The van der Waals surface area contributed by atoms with Gasteiger partial charge >= 0.3 is 0 Å². The van der Waals surface area contributed by atoms with Gasteiger partial charge < -0.3 is 5.11 Å². The van der Waals surface area contributed by atoms with Crippen molar-refractivity contribution in [3.05, 3.63) is 76.1 Å². The van der Waals surface area contributed by atoms with Gasteiger partial charge in [-0.3, -0.25) is 9.78 Å². The van der Waals surface area contributed by atoms with E-state index in [1.165, 1.54) is 47.6 Å². The van der Waals surface area contributed by atoms with E-state index in [4.69, 9.17) is 10.1 Å². The molecule has 0 amide bonds. The van der Waals surface area contributed by atoms with Gasteiger partial charge in [0.2, 0.25) is 0 Å². The van der Waals surface area contributed by atoms with Crippen LogP contribution in [0.3, 0.4) is 0 Å². The first-order chi connectivity index (χ1) is 13.1. The van der Waals surface area contributed by atoms with Gasteiger partial charge in [0.25, 0.3) is 0 Å². The van der Waals surface area contributed by atoms with Crippen LogP contribution in [0.4, 0.5) is 0 Å². The first-order valence-corrected chi connectivity index (χ1v) is 9.35. The molecule has 1 aromatic heterocycles. The fourth-order valence-electron chi connectivity index (χ4n) is 3.38. The summed E-state index contributed by atoms with van der Waals surface area (Å²) in [5, 5.41) is 9.64. The summed E-state index contributed by atoms with van der Waals surface area (Å²) in [6.07, 6.45) is 1.17. The number of aliphatic hydroxyl groups is 1. The van der Waals surface area contributed by atoms with E-state index in [0.717, 1.165) is 22.3 Å². The van der Waals surface area contributed by atoms with Crippen LogP contribution in [0.25, 0.3) is 22.2 Å². The second kappa shape index (κ2) is 10.5. The molecule has 0 aliphatic heterocycles. The van der Waals surface area contributed by atoms with Gasteiger partial charge in [0, 0.05) is 31.6 Å². The van der Waals surface area contributed by atoms with Gasteiger partial charge in [-0.2, -0.15) is 0 Å². The maximum absolute atomic E-state index is 10.0. The summed E-state index contributed by atoms with van der Waals surface area (Å²) in [5.74, 6) is -0.0625. The number of carbonyl (C=O) groups excluding carboxylic acids is 1. The smallest absolute Gasteiger partial charge is 0.155 e. The number of ketones is 1. The number of hydrogen-bond donors (Lipinski definition) is 1. The third-order valence-electron chi connectivity index (χ3n) is 4.59. The Balaban J connectivity index is 0.000000456. The van der Waals surface area contributed by atoms with Gasteiger partial charge in [0.15, 0.2) is 5.78 Å². The fraction of sp³-hybridized carbons (Fsp3) is 0.280. The average molecular weight is 567 g/mol. The first kappa shape index (κ1) is 24.7. The molecule has 155 valence electrons. The number of rotatable bonds is 2. The Morgan fingerprint density at radius 2 is 1.69 bits per heavy atom. The molecule has 0 aliphatic rings. The number of pyridine rings is 1. The summed E-state index contributed by atoms with van der Waals surface area (Å²) in [4.78, 5) is 14.9. The molecule has 0 fully saturated rings. The molecule has 4 heteroatoms. The summed E-state index contributed by atoms with van der Waals surface area (Å²) < 4.78 is 0. The second-order valence-corrected chi connectivity index (χ2v) is 7.33. The third kappa shape index (κ3) is 6.35. The van der Waals surface area contributed by atoms with Crippen LogP contribution in [0.1, 0.15) is 41.7 Å². The molecule has 0 bridgehead atoms. The van der Waals surface area contributed by atoms with Crippen LogP contribution in [0.15, 0.2) is 42.2 Å². The molecule has 1 N–H and O–H groups in total. The van der Waals surface area contributed by atoms with Crippen molar-refractivity contribution in [3.8, 4) is 11.3 Å². The van der Waals surface area contributed by atoms with E-state index in [1.54, 1.807) is 0 Å². The molecule has 0 saturated carbocycles. The van der Waals surface area contributed by atoms with Gasteiger partial charge in [0.1, 0.15) is 0 Å². The fourth-order valence-corrected chi connectivity index (χ4v) is 3.38. The zero-order valence-corrected chi connectivity index (χ0v) is 20.5. The zero-order chi connectivity index (χ0) is 21.0. The molecule has 1 radical (unpaired) electrons. The summed E-state index contributed by atoms with van der Waals surface area (Å²) in [6, 6.07) is 14.1. The molecule has 29 heavy (non-hydrogen) atoms. The minimum absolute atomic E-state index is 0. The SMILES string of the molecule is CC(=O)/C=C(/C)O.Cc1[c-]c(-c2nc3cccc(C)c3c(C)c2C)cc(C)c1.[Ir]. The monoisotopic (exact) mass is 567 g/mol. The predicted octanol–water partition coefficient (Wildman–Crippen LogP) is 6.28. The van der Waals surface area contributed by atoms with Crippen LogP contribution in [-0.4, -0.2) is 15.9 Å². The van der Waals surface area contributed by atoms with Gasteiger partial charge in [-0.1, -0.05) is 31.5 Å². The topological polar surface area (TPSA) is 50.2 Å². The Hall–Kier alpha value is -2.29. The van der Waals surface area contributed by atoms with Crippen molar-refractivity contribution in [3.63, 3.8) is 0 Å². The van der Waals surface area contributed by atoms with Gasteiger partial charge in [-0.25, -0.2) is 0 Å². The van der Waals surface area contributed by atoms with Crippen molar-refractivity contribution < 1.29 is 30.0 Å². The molecule has 3 nitrogen and oxygen atoms in total. The van der Waals surface area contributed by atoms with Gasteiger partial charge in [0.05, 0.1) is 11.3 Å². The largest absolute Gasteiger partial charge is 0.512 e. The molecule has 0 spiro atoms. The summed E-state index contributed by atoms with van der Waals surface area (Å²) in [5.41, 5.74) is 9.49. The number of aliphatic hydroxyl groups excluding tert-OH is 1. The number of benzene rings is 2. The molecule has 0 unspecified atom stereocenters. The Kier molecular flexibility index (Phi) is 8.94. The number of fused-ring (bicyclic) bond motifs is 1. The van der Waals surface area contributed by atoms with Crippen LogP contribution in [0.2, 0.25) is 0 Å². The van der Waals surface area contributed by atoms with E-state index in [9.17, 15) is 4.79 Å². The van der Waals surface area contributed by atoms with E-state index >= 15 is 0 Å². The number of carbonyl (C=O) groups is 1. The van der Waals surface area contributed by atoms with E-state index in [-0.39, 0.29) is 31.6 Å². The van der Waals surface area contributed by atoms with Crippen LogP contribution >= 0.6 is 0 Å². The van der Waals surface area contributed by atoms with Gasteiger partial charge in [-0.05, 0) is 57.5 Å². The Bertz CT molecular complexity index is 1040. The average Bonchev–Trinajstić information content (AvgIpc) is 2.56. The molecule has 3 rings (SSSR count). The number of hydrogen-bond acceptors (Lipinski definition) is 3. The Morgan fingerprint density at radius 3 is 2.21 bits per heavy atom. The van der Waals surface area contributed by atoms with E-state index in [0.29, 0.717) is 0 Å². The first-order valence-electron chi connectivity index (χ1n) is 9.35. The zero-order valence-electron chi connectivity index (χ0n) is 18.1. The summed E-state index contributed by atoms with van der Waals surface area (Å²) >= 11 is 0. The number of nitrogens with zero attached hydrogens (tertiary/aromatic N) is 1. The van der Waals surface area contributed by atoms with Crippen LogP contribution < -0.4 is 0 Å². The maximum Gasteiger partial charge on any atom is 0.155 e. The van der Waals surface area contributed by atoms with E-state index in [1.807, 2.05) is 0 Å². The van der Waals surface area contributed by atoms with Crippen molar-refractivity contribution in [1.29, 1.82) is 0 Å². The van der Waals surface area contributed by atoms with Crippen molar-refractivity contribution in [2.24, 2.45) is 0 Å². The van der Waals surface area contributed by atoms with Gasteiger partial charge in [-0.15, -0.1) is 34.9 Å². The Morgan fingerprint density at radius 1 is 1.03 bits per heavy atom. The molecule has 0 atom stereocenters. The van der Waals surface area contributed by atoms with Crippen LogP contribution in [0, 0.1) is 40.7 Å². The maximum atomic E-state index is 10.0. The Labute approximate surface area is 187 Å². The van der Waals surface area contributed by atoms with Crippen molar-refractivity contribution >= 4 is 16.7 Å². The van der Waals surface area contributed by atoms with Crippen LogP contribution in [-0.2, 0) is 24.9 Å². The molecular formula is C25H28IrNO2-.